The van der Waals surface area contributed by atoms with E-state index in [2.05, 4.69) is 0 Å². The third-order valence-electron chi connectivity index (χ3n) is 5.75. The molecule has 2 aliphatic heterocycles. The number of anilines is 1. The molecule has 2 aromatic carbocycles. The molecule has 0 spiro atoms. The molecule has 6 nitrogen and oxygen atoms in total. The topological polar surface area (TPSA) is 66.9 Å². The van der Waals surface area contributed by atoms with Gasteiger partial charge in [-0.1, -0.05) is 42.6 Å². The molecule has 0 aromatic heterocycles. The summed E-state index contributed by atoms with van der Waals surface area (Å²) in [6.45, 7) is 2.72. The Morgan fingerprint density at radius 2 is 1.90 bits per heavy atom. The molecule has 0 aliphatic carbocycles. The molecular formula is C22H25ClN2O4S. The van der Waals surface area contributed by atoms with Gasteiger partial charge in [-0.05, 0) is 36.6 Å². The summed E-state index contributed by atoms with van der Waals surface area (Å²) in [7, 11) is -3.78. The standard InChI is InChI=1S/C22H25ClN2O4S/c1-16(26)24-13-14-29-22-15-17(10-11-21(22)24)30(27,28)25-12-6-2-3-9-20(25)18-7-4-5-8-19(18)23/h4-5,7-8,10-11,15,20H,2-3,6,9,12-14H2,1H3. The molecule has 1 unspecified atom stereocenters. The van der Waals surface area contributed by atoms with Crippen molar-refractivity contribution in [3.8, 4) is 5.75 Å². The van der Waals surface area contributed by atoms with E-state index in [0.717, 1.165) is 31.2 Å². The number of rotatable bonds is 3. The van der Waals surface area contributed by atoms with Gasteiger partial charge < -0.3 is 9.64 Å². The Morgan fingerprint density at radius 3 is 2.67 bits per heavy atom. The maximum absolute atomic E-state index is 13.7. The molecule has 8 heteroatoms. The zero-order valence-corrected chi connectivity index (χ0v) is 18.5. The van der Waals surface area contributed by atoms with Crippen molar-refractivity contribution in [2.24, 2.45) is 0 Å². The van der Waals surface area contributed by atoms with E-state index in [-0.39, 0.29) is 16.8 Å². The Labute approximate surface area is 182 Å². The Morgan fingerprint density at radius 1 is 1.10 bits per heavy atom. The van der Waals surface area contributed by atoms with Crippen molar-refractivity contribution in [2.75, 3.05) is 24.6 Å². The van der Waals surface area contributed by atoms with Crippen LogP contribution in [-0.4, -0.2) is 38.3 Å². The molecule has 2 aliphatic rings. The van der Waals surface area contributed by atoms with Crippen LogP contribution >= 0.6 is 11.6 Å². The van der Waals surface area contributed by atoms with Crippen molar-refractivity contribution in [1.82, 2.24) is 4.31 Å². The Kier molecular flexibility index (Phi) is 6.04. The molecule has 0 bridgehead atoms. The SMILES string of the molecule is CC(=O)N1CCOc2cc(S(=O)(=O)N3CCCCCC3c3ccccc3Cl)ccc21. The van der Waals surface area contributed by atoms with Crippen molar-refractivity contribution in [3.63, 3.8) is 0 Å². The predicted octanol–water partition coefficient (Wildman–Crippen LogP) is 4.39. The molecule has 0 radical (unpaired) electrons. The van der Waals surface area contributed by atoms with E-state index < -0.39 is 10.0 Å². The molecule has 30 heavy (non-hydrogen) atoms. The first-order valence-electron chi connectivity index (χ1n) is 10.2. The van der Waals surface area contributed by atoms with Crippen LogP contribution in [0.5, 0.6) is 5.75 Å². The van der Waals surface area contributed by atoms with Crippen LogP contribution in [0.4, 0.5) is 5.69 Å². The van der Waals surface area contributed by atoms with Gasteiger partial charge in [-0.2, -0.15) is 4.31 Å². The van der Waals surface area contributed by atoms with Gasteiger partial charge in [0, 0.05) is 24.6 Å². The highest BCUT2D eigenvalue weighted by Gasteiger charge is 2.35. The van der Waals surface area contributed by atoms with E-state index in [1.165, 1.54) is 13.0 Å². The van der Waals surface area contributed by atoms with Gasteiger partial charge in [0.1, 0.15) is 12.4 Å². The first-order chi connectivity index (χ1) is 14.4. The number of hydrogen-bond acceptors (Lipinski definition) is 4. The Balaban J connectivity index is 1.74. The third-order valence-corrected chi connectivity index (χ3v) is 8.00. The van der Waals surface area contributed by atoms with Gasteiger partial charge in [-0.15, -0.1) is 0 Å². The molecule has 4 rings (SSSR count). The normalized spacial score (nSPS) is 20.2. The average molecular weight is 449 g/mol. The lowest BCUT2D eigenvalue weighted by Crippen LogP contribution is -2.37. The molecule has 0 N–H and O–H groups in total. The number of sulfonamides is 1. The van der Waals surface area contributed by atoms with E-state index in [9.17, 15) is 13.2 Å². The van der Waals surface area contributed by atoms with Gasteiger partial charge in [0.15, 0.2) is 0 Å². The molecule has 2 aromatic rings. The lowest BCUT2D eigenvalue weighted by Gasteiger charge is -2.32. The maximum Gasteiger partial charge on any atom is 0.243 e. The zero-order chi connectivity index (χ0) is 21.3. The lowest BCUT2D eigenvalue weighted by atomic mass is 10.0. The monoisotopic (exact) mass is 448 g/mol. The summed E-state index contributed by atoms with van der Waals surface area (Å²) < 4.78 is 34.6. The van der Waals surface area contributed by atoms with Crippen molar-refractivity contribution in [3.05, 3.63) is 53.1 Å². The van der Waals surface area contributed by atoms with E-state index in [0.29, 0.717) is 36.2 Å². The second-order valence-electron chi connectivity index (χ2n) is 7.65. The second-order valence-corrected chi connectivity index (χ2v) is 9.95. The van der Waals surface area contributed by atoms with Gasteiger partial charge >= 0.3 is 0 Å². The third kappa shape index (κ3) is 3.94. The number of nitrogens with zero attached hydrogens (tertiary/aromatic N) is 2. The predicted molar refractivity (Wildman–Crippen MR) is 117 cm³/mol. The van der Waals surface area contributed by atoms with Gasteiger partial charge in [0.25, 0.3) is 0 Å². The summed E-state index contributed by atoms with van der Waals surface area (Å²) in [6, 6.07) is 11.9. The second kappa shape index (κ2) is 8.57. The van der Waals surface area contributed by atoms with Crippen LogP contribution in [0, 0.1) is 0 Å². The highest BCUT2D eigenvalue weighted by molar-refractivity contribution is 7.89. The first kappa shape index (κ1) is 21.2. The molecule has 1 atom stereocenters. The minimum Gasteiger partial charge on any atom is -0.489 e. The molecule has 1 fully saturated rings. The van der Waals surface area contributed by atoms with Crippen LogP contribution in [0.1, 0.15) is 44.2 Å². The quantitative estimate of drug-likeness (QED) is 0.698. The zero-order valence-electron chi connectivity index (χ0n) is 16.9. The number of carbonyl (C=O) groups is 1. The molecular weight excluding hydrogens is 424 g/mol. The summed E-state index contributed by atoms with van der Waals surface area (Å²) in [5.41, 5.74) is 1.44. The number of amides is 1. The van der Waals surface area contributed by atoms with Gasteiger partial charge in [0.05, 0.1) is 23.2 Å². The number of benzene rings is 2. The molecule has 160 valence electrons. The average Bonchev–Trinajstić information content (AvgIpc) is 2.99. The summed E-state index contributed by atoms with van der Waals surface area (Å²) >= 11 is 6.43. The smallest absolute Gasteiger partial charge is 0.243 e. The largest absolute Gasteiger partial charge is 0.489 e. The fourth-order valence-corrected chi connectivity index (χ4v) is 6.20. The molecule has 2 heterocycles. The highest BCUT2D eigenvalue weighted by Crippen LogP contribution is 2.40. The Bertz CT molecular complexity index is 1060. The first-order valence-corrected chi connectivity index (χ1v) is 12.0. The van der Waals surface area contributed by atoms with Crippen LogP contribution < -0.4 is 9.64 Å². The number of fused-ring (bicyclic) bond motifs is 1. The fourth-order valence-electron chi connectivity index (χ4n) is 4.25. The molecule has 1 amide bonds. The lowest BCUT2D eigenvalue weighted by molar-refractivity contribution is -0.116. The summed E-state index contributed by atoms with van der Waals surface area (Å²) in [5, 5.41) is 0.579. The van der Waals surface area contributed by atoms with Crippen molar-refractivity contribution >= 4 is 33.2 Å². The van der Waals surface area contributed by atoms with Crippen molar-refractivity contribution in [1.29, 1.82) is 0 Å². The summed E-state index contributed by atoms with van der Waals surface area (Å²) in [5.74, 6) is 0.322. The van der Waals surface area contributed by atoms with E-state index in [1.807, 2.05) is 18.2 Å². The molecule has 0 saturated carbocycles. The number of halogens is 1. The van der Waals surface area contributed by atoms with E-state index in [1.54, 1.807) is 27.4 Å². The van der Waals surface area contributed by atoms with Crippen LogP contribution in [0.15, 0.2) is 47.4 Å². The summed E-state index contributed by atoms with van der Waals surface area (Å²) in [4.78, 5) is 13.7. The Hall–Kier alpha value is -2.09. The van der Waals surface area contributed by atoms with E-state index in [4.69, 9.17) is 16.3 Å². The van der Waals surface area contributed by atoms with Crippen LogP contribution in [0.2, 0.25) is 5.02 Å². The number of hydrogen-bond donors (Lipinski definition) is 0. The minimum absolute atomic E-state index is 0.0959. The summed E-state index contributed by atoms with van der Waals surface area (Å²) in [6.07, 6.45) is 3.46. The van der Waals surface area contributed by atoms with Gasteiger partial charge in [0.2, 0.25) is 15.9 Å². The molecule has 1 saturated heterocycles. The van der Waals surface area contributed by atoms with E-state index >= 15 is 0 Å². The fraction of sp³-hybridized carbons (Fsp3) is 0.409. The number of ether oxygens (including phenoxy) is 1. The van der Waals surface area contributed by atoms with Gasteiger partial charge in [-0.3, -0.25) is 4.79 Å². The van der Waals surface area contributed by atoms with Crippen LogP contribution in [0.3, 0.4) is 0 Å². The highest BCUT2D eigenvalue weighted by atomic mass is 35.5. The minimum atomic E-state index is -3.78. The van der Waals surface area contributed by atoms with Crippen molar-refractivity contribution < 1.29 is 17.9 Å². The maximum atomic E-state index is 13.7. The van der Waals surface area contributed by atoms with Crippen LogP contribution in [-0.2, 0) is 14.8 Å². The van der Waals surface area contributed by atoms with Crippen LogP contribution in [0.25, 0.3) is 0 Å². The van der Waals surface area contributed by atoms with Crippen molar-refractivity contribution in [2.45, 2.75) is 43.5 Å². The van der Waals surface area contributed by atoms with Gasteiger partial charge in [-0.25, -0.2) is 8.42 Å². The number of carbonyl (C=O) groups excluding carboxylic acids is 1.